The van der Waals surface area contributed by atoms with E-state index in [0.717, 1.165) is 5.56 Å². The van der Waals surface area contributed by atoms with Crippen LogP contribution in [0.5, 0.6) is 0 Å². The molecule has 2 aromatic carbocycles. The predicted molar refractivity (Wildman–Crippen MR) is 98.2 cm³/mol. The summed E-state index contributed by atoms with van der Waals surface area (Å²) in [7, 11) is 0. The fraction of sp³-hybridized carbons (Fsp3) is 0.211. The molecular weight excluding hydrogens is 420 g/mol. The number of halogens is 3. The second-order valence-electron chi connectivity index (χ2n) is 6.45. The van der Waals surface area contributed by atoms with Gasteiger partial charge in [0.15, 0.2) is 0 Å². The summed E-state index contributed by atoms with van der Waals surface area (Å²) in [5.41, 5.74) is 1.62. The number of carbonyl (C=O) groups excluding carboxylic acids is 1. The summed E-state index contributed by atoms with van der Waals surface area (Å²) in [5, 5.41) is 3.92. The molecule has 0 saturated carbocycles. The van der Waals surface area contributed by atoms with Gasteiger partial charge in [0, 0.05) is 18.5 Å². The van der Waals surface area contributed by atoms with Crippen LogP contribution in [0.2, 0.25) is 0 Å². The van der Waals surface area contributed by atoms with Crippen molar-refractivity contribution in [3.05, 3.63) is 64.0 Å². The van der Waals surface area contributed by atoms with E-state index in [2.05, 4.69) is 26.1 Å². The van der Waals surface area contributed by atoms with E-state index < -0.39 is 5.82 Å². The zero-order valence-corrected chi connectivity index (χ0v) is 15.8. The molecule has 0 bridgehead atoms. The number of aryl methyl sites for hydroxylation is 1. The first-order valence-corrected chi connectivity index (χ1v) is 9.07. The fourth-order valence-electron chi connectivity index (χ4n) is 3.09. The smallest absolute Gasteiger partial charge is 0.232 e. The number of rotatable bonds is 3. The number of nitrogens with zero attached hydrogens (tertiary/aromatic N) is 3. The molecule has 0 N–H and O–H groups in total. The van der Waals surface area contributed by atoms with Gasteiger partial charge in [-0.05, 0) is 58.7 Å². The average molecular weight is 434 g/mol. The molecule has 0 spiro atoms. The molecule has 3 aromatic rings. The summed E-state index contributed by atoms with van der Waals surface area (Å²) >= 11 is 3.12. The van der Waals surface area contributed by atoms with Crippen molar-refractivity contribution in [2.75, 3.05) is 11.4 Å². The van der Waals surface area contributed by atoms with E-state index in [1.54, 1.807) is 31.2 Å². The van der Waals surface area contributed by atoms with Crippen LogP contribution in [0.15, 0.2) is 45.4 Å². The number of hydrogen-bond donors (Lipinski definition) is 0. The van der Waals surface area contributed by atoms with Gasteiger partial charge in [-0.25, -0.2) is 8.78 Å². The normalized spacial score (nSPS) is 17.0. The molecule has 27 heavy (non-hydrogen) atoms. The Morgan fingerprint density at radius 3 is 2.74 bits per heavy atom. The zero-order chi connectivity index (χ0) is 19.1. The second kappa shape index (κ2) is 6.84. The largest absolute Gasteiger partial charge is 0.339 e. The molecule has 2 heterocycles. The van der Waals surface area contributed by atoms with Crippen molar-refractivity contribution < 1.29 is 18.1 Å². The molecule has 8 heteroatoms. The van der Waals surface area contributed by atoms with Crippen molar-refractivity contribution in [1.29, 1.82) is 0 Å². The van der Waals surface area contributed by atoms with Crippen LogP contribution in [-0.2, 0) is 4.79 Å². The number of amides is 1. The highest BCUT2D eigenvalue weighted by Gasteiger charge is 2.36. The number of aromatic nitrogens is 2. The monoisotopic (exact) mass is 433 g/mol. The third-order valence-corrected chi connectivity index (χ3v) is 5.10. The lowest BCUT2D eigenvalue weighted by molar-refractivity contribution is -0.117. The fourth-order valence-corrected chi connectivity index (χ4v) is 3.47. The molecule has 1 aliphatic rings. The highest BCUT2D eigenvalue weighted by Crippen LogP contribution is 2.33. The minimum Gasteiger partial charge on any atom is -0.339 e. The van der Waals surface area contributed by atoms with Crippen LogP contribution in [0.1, 0.15) is 23.8 Å². The maximum atomic E-state index is 14.2. The molecule has 1 aliphatic heterocycles. The van der Waals surface area contributed by atoms with E-state index in [1.165, 1.54) is 17.0 Å². The van der Waals surface area contributed by atoms with Gasteiger partial charge in [0.05, 0.1) is 16.1 Å². The molecule has 138 valence electrons. The molecule has 1 saturated heterocycles. The Labute approximate surface area is 162 Å². The van der Waals surface area contributed by atoms with Crippen molar-refractivity contribution in [3.8, 4) is 11.4 Å². The van der Waals surface area contributed by atoms with Gasteiger partial charge < -0.3 is 9.42 Å². The van der Waals surface area contributed by atoms with E-state index in [1.807, 2.05) is 0 Å². The van der Waals surface area contributed by atoms with Crippen molar-refractivity contribution >= 4 is 27.5 Å². The van der Waals surface area contributed by atoms with Crippen LogP contribution in [0.3, 0.4) is 0 Å². The van der Waals surface area contributed by atoms with Gasteiger partial charge in [-0.3, -0.25) is 4.79 Å². The summed E-state index contributed by atoms with van der Waals surface area (Å²) in [5.74, 6) is -0.756. The van der Waals surface area contributed by atoms with Gasteiger partial charge in [0.1, 0.15) is 11.6 Å². The summed E-state index contributed by atoms with van der Waals surface area (Å²) in [6, 6.07) is 9.15. The lowest BCUT2D eigenvalue weighted by atomic mass is 10.1. The van der Waals surface area contributed by atoms with Crippen molar-refractivity contribution in [3.63, 3.8) is 0 Å². The van der Waals surface area contributed by atoms with Gasteiger partial charge >= 0.3 is 0 Å². The van der Waals surface area contributed by atoms with Crippen molar-refractivity contribution in [2.24, 2.45) is 0 Å². The lowest BCUT2D eigenvalue weighted by Gasteiger charge is -2.17. The van der Waals surface area contributed by atoms with E-state index in [9.17, 15) is 13.6 Å². The maximum absolute atomic E-state index is 14.2. The zero-order valence-electron chi connectivity index (χ0n) is 14.2. The van der Waals surface area contributed by atoms with Gasteiger partial charge in [-0.15, -0.1) is 0 Å². The quantitative estimate of drug-likeness (QED) is 0.605. The highest BCUT2D eigenvalue weighted by molar-refractivity contribution is 9.10. The summed E-state index contributed by atoms with van der Waals surface area (Å²) < 4.78 is 33.2. The van der Waals surface area contributed by atoms with Gasteiger partial charge in [-0.2, -0.15) is 4.98 Å². The maximum Gasteiger partial charge on any atom is 0.232 e. The molecular formula is C19H14BrF2N3O2. The summed E-state index contributed by atoms with van der Waals surface area (Å²) in [4.78, 5) is 18.1. The molecule has 1 amide bonds. The summed E-state index contributed by atoms with van der Waals surface area (Å²) in [6.07, 6.45) is 0.155. The number of benzene rings is 2. The Morgan fingerprint density at radius 1 is 1.19 bits per heavy atom. The predicted octanol–water partition coefficient (Wildman–Crippen LogP) is 4.61. The highest BCUT2D eigenvalue weighted by atomic mass is 79.9. The standard InChI is InChI=1S/C19H14BrF2N3O2/c1-10-2-5-16(15(22)6-10)25-9-12(8-17(25)26)19-23-18(24-27-19)11-3-4-14(21)13(20)7-11/h2-7,12H,8-9H2,1H3. The number of carbonyl (C=O) groups is 1. The molecule has 1 fully saturated rings. The molecule has 1 aromatic heterocycles. The minimum absolute atomic E-state index is 0.155. The van der Waals surface area contributed by atoms with Crippen LogP contribution in [-0.4, -0.2) is 22.6 Å². The van der Waals surface area contributed by atoms with E-state index in [-0.39, 0.29) is 36.3 Å². The van der Waals surface area contributed by atoms with Crippen LogP contribution in [0.25, 0.3) is 11.4 Å². The van der Waals surface area contributed by atoms with Crippen molar-refractivity contribution in [2.45, 2.75) is 19.3 Å². The van der Waals surface area contributed by atoms with E-state index >= 15 is 0 Å². The molecule has 1 unspecified atom stereocenters. The molecule has 0 aliphatic carbocycles. The minimum atomic E-state index is -0.439. The van der Waals surface area contributed by atoms with Crippen LogP contribution in [0, 0.1) is 18.6 Å². The first kappa shape index (κ1) is 17.8. The second-order valence-corrected chi connectivity index (χ2v) is 7.30. The van der Waals surface area contributed by atoms with Crippen molar-refractivity contribution in [1.82, 2.24) is 10.1 Å². The third-order valence-electron chi connectivity index (χ3n) is 4.49. The van der Waals surface area contributed by atoms with Gasteiger partial charge in [-0.1, -0.05) is 11.2 Å². The number of hydrogen-bond acceptors (Lipinski definition) is 4. The van der Waals surface area contributed by atoms with E-state index in [4.69, 9.17) is 4.52 Å². The topological polar surface area (TPSA) is 59.2 Å². The Bertz CT molecular complexity index is 1040. The van der Waals surface area contributed by atoms with Gasteiger partial charge in [0.25, 0.3) is 0 Å². The molecule has 4 rings (SSSR count). The summed E-state index contributed by atoms with van der Waals surface area (Å²) in [6.45, 7) is 2.04. The lowest BCUT2D eigenvalue weighted by Crippen LogP contribution is -2.25. The molecule has 0 radical (unpaired) electrons. The SMILES string of the molecule is Cc1ccc(N2CC(c3nc(-c4ccc(F)c(Br)c4)no3)CC2=O)c(F)c1. The van der Waals surface area contributed by atoms with Gasteiger partial charge in [0.2, 0.25) is 17.6 Å². The van der Waals surface area contributed by atoms with Crippen LogP contribution >= 0.6 is 15.9 Å². The Balaban J connectivity index is 1.57. The third kappa shape index (κ3) is 3.37. The molecule has 5 nitrogen and oxygen atoms in total. The Morgan fingerprint density at radius 2 is 2.00 bits per heavy atom. The Kier molecular flexibility index (Phi) is 4.51. The Hall–Kier alpha value is -2.61. The number of anilines is 1. The van der Waals surface area contributed by atoms with E-state index in [0.29, 0.717) is 21.8 Å². The first-order valence-electron chi connectivity index (χ1n) is 8.28. The average Bonchev–Trinajstić information content (AvgIpc) is 3.25. The molecule has 1 atom stereocenters. The van der Waals surface area contributed by atoms with Crippen LogP contribution in [0.4, 0.5) is 14.5 Å². The van der Waals surface area contributed by atoms with Crippen LogP contribution < -0.4 is 4.90 Å². The first-order chi connectivity index (χ1) is 12.9.